The van der Waals surface area contributed by atoms with E-state index in [1.54, 1.807) is 12.1 Å². The number of hydrogen-bond donors (Lipinski definition) is 1. The highest BCUT2D eigenvalue weighted by atomic mass is 32.2. The summed E-state index contributed by atoms with van der Waals surface area (Å²) < 4.78 is 84.7. The van der Waals surface area contributed by atoms with Gasteiger partial charge in [0, 0.05) is 22.9 Å². The number of aromatic carboxylic acids is 1. The van der Waals surface area contributed by atoms with Crippen molar-refractivity contribution in [3.05, 3.63) is 77.1 Å². The number of fused-ring (bicyclic) bond motifs is 1. The van der Waals surface area contributed by atoms with Crippen LogP contribution in [0.25, 0.3) is 11.0 Å². The normalized spacial score (nSPS) is 13.0. The Kier molecular flexibility index (Phi) is 7.41. The maximum Gasteiger partial charge on any atom is 0.422 e. The van der Waals surface area contributed by atoms with Gasteiger partial charge in [-0.15, -0.1) is 0 Å². The Labute approximate surface area is 218 Å². The summed E-state index contributed by atoms with van der Waals surface area (Å²) in [6, 6.07) is 11.0. The van der Waals surface area contributed by atoms with Gasteiger partial charge in [0.15, 0.2) is 12.4 Å². The van der Waals surface area contributed by atoms with Gasteiger partial charge in [-0.1, -0.05) is 18.2 Å². The Balaban J connectivity index is 1.80. The van der Waals surface area contributed by atoms with Gasteiger partial charge in [-0.2, -0.15) is 22.1 Å². The third kappa shape index (κ3) is 5.47. The molecule has 2 heterocycles. The molecule has 0 fully saturated rings. The summed E-state index contributed by atoms with van der Waals surface area (Å²) in [7, 11) is -4.49. The lowest BCUT2D eigenvalue weighted by Gasteiger charge is -2.16. The van der Waals surface area contributed by atoms with E-state index in [9.17, 15) is 36.0 Å². The van der Waals surface area contributed by atoms with Crippen molar-refractivity contribution in [1.29, 1.82) is 0 Å². The number of carboxylic acids is 1. The van der Waals surface area contributed by atoms with Crippen LogP contribution in [0.5, 0.6) is 5.75 Å². The topological polar surface area (TPSA) is 134 Å². The fraction of sp³-hybridized carbons (Fsp3) is 0.208. The van der Waals surface area contributed by atoms with Crippen molar-refractivity contribution in [2.24, 2.45) is 0 Å². The van der Waals surface area contributed by atoms with Gasteiger partial charge in [-0.05, 0) is 49.7 Å². The molecule has 0 aliphatic carbocycles. The summed E-state index contributed by atoms with van der Waals surface area (Å²) in [6.07, 6.45) is -3.36. The Hall–Kier alpha value is -3.62. The number of aromatic nitrogens is 3. The van der Waals surface area contributed by atoms with Crippen LogP contribution in [-0.4, -0.2) is 50.8 Å². The van der Waals surface area contributed by atoms with Gasteiger partial charge in [0.05, 0.1) is 27.2 Å². The van der Waals surface area contributed by atoms with E-state index in [-0.39, 0.29) is 55.0 Å². The highest BCUT2D eigenvalue weighted by molar-refractivity contribution is 7.93. The van der Waals surface area contributed by atoms with Crippen LogP contribution < -0.4 is 4.74 Å². The number of hydrogen-bond acceptors (Lipinski definition) is 7. The number of halogens is 3. The van der Waals surface area contributed by atoms with Crippen molar-refractivity contribution in [1.82, 2.24) is 13.9 Å². The first kappa shape index (κ1) is 27.4. The summed E-state index contributed by atoms with van der Waals surface area (Å²) >= 11 is -2.14. The standard InChI is InChI=1S/C24H20F3N3O6S2/c1-14-7-8-16(22(31)32)11-21(14)38(34,35)30-19-6-4-3-5-17(19)29-23(30)37(33)12-18-15(2)20(9-10-28-18)36-13-24(25,26)27/h3-11H,12-13H2,1-2H3,(H,31,32). The van der Waals surface area contributed by atoms with Crippen LogP contribution in [0, 0.1) is 13.8 Å². The molecule has 0 amide bonds. The molecular formula is C24H20F3N3O6S2. The van der Waals surface area contributed by atoms with Crippen LogP contribution in [0.3, 0.4) is 0 Å². The first-order valence-electron chi connectivity index (χ1n) is 10.9. The smallest absolute Gasteiger partial charge is 0.422 e. The molecule has 2 aromatic carbocycles. The van der Waals surface area contributed by atoms with E-state index < -0.39 is 40.0 Å². The van der Waals surface area contributed by atoms with E-state index in [2.05, 4.69) is 9.97 Å². The molecular weight excluding hydrogens is 547 g/mol. The second-order valence-electron chi connectivity index (χ2n) is 8.21. The molecule has 0 bridgehead atoms. The van der Waals surface area contributed by atoms with Gasteiger partial charge in [0.1, 0.15) is 5.75 Å². The Morgan fingerprint density at radius 1 is 1.16 bits per heavy atom. The molecule has 38 heavy (non-hydrogen) atoms. The van der Waals surface area contributed by atoms with Crippen LogP contribution in [0.2, 0.25) is 0 Å². The summed E-state index contributed by atoms with van der Waals surface area (Å²) in [5.41, 5.74) is 0.679. The second kappa shape index (κ2) is 10.3. The molecule has 0 aliphatic rings. The number of pyridine rings is 1. The Morgan fingerprint density at radius 2 is 1.87 bits per heavy atom. The van der Waals surface area contributed by atoms with E-state index in [0.29, 0.717) is 0 Å². The predicted octanol–water partition coefficient (Wildman–Crippen LogP) is 4.23. The minimum Gasteiger partial charge on any atom is -0.609 e. The minimum absolute atomic E-state index is 0.105. The van der Waals surface area contributed by atoms with Crippen molar-refractivity contribution >= 4 is 38.2 Å². The zero-order chi connectivity index (χ0) is 27.8. The number of imidazole rings is 1. The van der Waals surface area contributed by atoms with Gasteiger partial charge < -0.3 is 14.4 Å². The molecule has 0 aliphatic heterocycles. The molecule has 1 N–H and O–H groups in total. The number of benzene rings is 2. The third-order valence-electron chi connectivity index (χ3n) is 5.57. The molecule has 0 radical (unpaired) electrons. The lowest BCUT2D eigenvalue weighted by atomic mass is 10.1. The van der Waals surface area contributed by atoms with Crippen LogP contribution in [0.1, 0.15) is 27.2 Å². The molecule has 0 saturated carbocycles. The number of ether oxygens (including phenoxy) is 1. The molecule has 200 valence electrons. The van der Waals surface area contributed by atoms with Crippen LogP contribution in [0.15, 0.2) is 64.8 Å². The lowest BCUT2D eigenvalue weighted by Crippen LogP contribution is -2.22. The maximum absolute atomic E-state index is 13.8. The van der Waals surface area contributed by atoms with Crippen molar-refractivity contribution in [3.8, 4) is 5.75 Å². The SMILES string of the molecule is Cc1ccc(C(=O)O)cc1S(=O)(=O)n1c([S+]([O-])Cc2nccc(OCC(F)(F)F)c2C)nc2ccccc21. The highest BCUT2D eigenvalue weighted by Gasteiger charge is 2.34. The fourth-order valence-corrected chi connectivity index (χ4v) is 6.98. The van der Waals surface area contributed by atoms with Crippen LogP contribution in [-0.2, 0) is 27.0 Å². The second-order valence-corrected chi connectivity index (χ2v) is 11.3. The van der Waals surface area contributed by atoms with Crippen LogP contribution in [0.4, 0.5) is 13.2 Å². The number of carbonyl (C=O) groups is 1. The largest absolute Gasteiger partial charge is 0.609 e. The van der Waals surface area contributed by atoms with E-state index in [0.717, 1.165) is 10.0 Å². The van der Waals surface area contributed by atoms with Gasteiger partial charge >= 0.3 is 17.3 Å². The van der Waals surface area contributed by atoms with Crippen molar-refractivity contribution in [2.45, 2.75) is 35.8 Å². The average Bonchev–Trinajstić information content (AvgIpc) is 3.25. The van der Waals surface area contributed by atoms with Crippen molar-refractivity contribution in [3.63, 3.8) is 0 Å². The Morgan fingerprint density at radius 3 is 2.55 bits per heavy atom. The monoisotopic (exact) mass is 567 g/mol. The molecule has 14 heteroatoms. The van der Waals surface area contributed by atoms with E-state index >= 15 is 0 Å². The number of aryl methyl sites for hydroxylation is 1. The molecule has 4 aromatic rings. The number of alkyl halides is 3. The number of carboxylic acid groups (broad SMARTS) is 1. The number of rotatable bonds is 8. The third-order valence-corrected chi connectivity index (χ3v) is 8.74. The van der Waals surface area contributed by atoms with Gasteiger partial charge in [-0.25, -0.2) is 13.2 Å². The van der Waals surface area contributed by atoms with Gasteiger partial charge in [0.25, 0.3) is 10.0 Å². The molecule has 0 spiro atoms. The maximum atomic E-state index is 13.8. The fourth-order valence-electron chi connectivity index (χ4n) is 3.68. The number of para-hydroxylation sites is 2. The van der Waals surface area contributed by atoms with Crippen LogP contribution >= 0.6 is 0 Å². The molecule has 4 rings (SSSR count). The van der Waals surface area contributed by atoms with Gasteiger partial charge in [0.2, 0.25) is 0 Å². The van der Waals surface area contributed by atoms with E-state index in [1.165, 1.54) is 50.4 Å². The highest BCUT2D eigenvalue weighted by Crippen LogP contribution is 2.31. The molecule has 1 unspecified atom stereocenters. The average molecular weight is 568 g/mol. The molecule has 2 aromatic heterocycles. The number of nitrogens with zero attached hydrogens (tertiary/aromatic N) is 3. The summed E-state index contributed by atoms with van der Waals surface area (Å²) in [5, 5.41) is 9.01. The Bertz CT molecular complexity index is 1640. The molecule has 1 atom stereocenters. The minimum atomic E-state index is -4.56. The van der Waals surface area contributed by atoms with Crippen molar-refractivity contribution < 1.29 is 40.8 Å². The zero-order valence-electron chi connectivity index (χ0n) is 19.9. The predicted molar refractivity (Wildman–Crippen MR) is 131 cm³/mol. The van der Waals surface area contributed by atoms with E-state index in [4.69, 9.17) is 4.74 Å². The molecule has 9 nitrogen and oxygen atoms in total. The zero-order valence-corrected chi connectivity index (χ0v) is 21.5. The van der Waals surface area contributed by atoms with E-state index in [1.807, 2.05) is 0 Å². The first-order valence-corrected chi connectivity index (χ1v) is 13.6. The first-order chi connectivity index (χ1) is 17.8. The molecule has 0 saturated heterocycles. The summed E-state index contributed by atoms with van der Waals surface area (Å²) in [5.74, 6) is -1.80. The quantitative estimate of drug-likeness (QED) is 0.313. The van der Waals surface area contributed by atoms with Gasteiger partial charge in [-0.3, -0.25) is 4.98 Å². The summed E-state index contributed by atoms with van der Waals surface area (Å²) in [4.78, 5) is 19.5. The summed E-state index contributed by atoms with van der Waals surface area (Å²) in [6.45, 7) is 1.42. The van der Waals surface area contributed by atoms with Crippen molar-refractivity contribution in [2.75, 3.05) is 6.61 Å². The lowest BCUT2D eigenvalue weighted by molar-refractivity contribution is -0.153.